The van der Waals surface area contributed by atoms with E-state index in [0.717, 1.165) is 0 Å². The zero-order valence-corrected chi connectivity index (χ0v) is 26.7. The Kier molecular flexibility index (Phi) is 5.50. The highest BCUT2D eigenvalue weighted by molar-refractivity contribution is 6.89. The van der Waals surface area contributed by atoms with Gasteiger partial charge in [0, 0.05) is 44.4 Å². The average Bonchev–Trinajstić information content (AvgIpc) is 3.71. The molecule has 7 aromatic carbocycles. The van der Waals surface area contributed by atoms with E-state index < -0.39 is 0 Å². The summed E-state index contributed by atoms with van der Waals surface area (Å²) in [7, 11) is 0. The SMILES string of the molecule is c1ccc(-c2c(-c3ccccc3)n3c4c(cccc24)-c2cccc4c2B3c2cccc3c(-c5ccccc5)c(-c5ccccc5)n-4c23)cc1. The van der Waals surface area contributed by atoms with Gasteiger partial charge in [0.25, 0.3) is 0 Å². The van der Waals surface area contributed by atoms with Crippen LogP contribution in [0.2, 0.25) is 0 Å². The highest BCUT2D eigenvalue weighted by atomic mass is 15.0. The lowest BCUT2D eigenvalue weighted by molar-refractivity contribution is 1.13. The molecule has 0 bridgehead atoms. The molecule has 0 amide bonds. The Hall–Kier alpha value is -6.32. The molecule has 11 rings (SSSR count). The maximum absolute atomic E-state index is 2.68. The molecule has 2 aliphatic rings. The van der Waals surface area contributed by atoms with Crippen LogP contribution in [0.5, 0.6) is 0 Å². The van der Waals surface area contributed by atoms with E-state index in [1.165, 1.54) is 94.3 Å². The molecule has 4 heterocycles. The molecule has 0 spiro atoms. The van der Waals surface area contributed by atoms with Crippen molar-refractivity contribution in [3.05, 3.63) is 176 Å². The Morgan fingerprint density at radius 3 is 1.49 bits per heavy atom. The maximum atomic E-state index is 2.68. The van der Waals surface area contributed by atoms with Crippen LogP contribution < -0.4 is 10.9 Å². The second-order valence-electron chi connectivity index (χ2n) is 13.2. The molecule has 49 heavy (non-hydrogen) atoms. The number of rotatable bonds is 4. The summed E-state index contributed by atoms with van der Waals surface area (Å²) < 4.78 is 5.26. The maximum Gasteiger partial charge on any atom is 0.333 e. The van der Waals surface area contributed by atoms with Gasteiger partial charge in [0.15, 0.2) is 0 Å². The molecular weight excluding hydrogens is 591 g/mol. The van der Waals surface area contributed by atoms with E-state index in [9.17, 15) is 0 Å². The molecule has 226 valence electrons. The molecule has 9 aromatic rings. The molecule has 2 aliphatic heterocycles. The summed E-state index contributed by atoms with van der Waals surface area (Å²) in [4.78, 5) is 0. The van der Waals surface area contributed by atoms with Crippen molar-refractivity contribution in [2.24, 2.45) is 0 Å². The number of hydrogen-bond acceptors (Lipinski definition) is 0. The summed E-state index contributed by atoms with van der Waals surface area (Å²) >= 11 is 0. The first-order valence-electron chi connectivity index (χ1n) is 17.1. The molecule has 2 aromatic heterocycles. The first-order chi connectivity index (χ1) is 24.4. The van der Waals surface area contributed by atoms with E-state index in [0.29, 0.717) is 0 Å². The first kappa shape index (κ1) is 26.7. The van der Waals surface area contributed by atoms with Crippen LogP contribution in [0.25, 0.3) is 83.4 Å². The van der Waals surface area contributed by atoms with Crippen molar-refractivity contribution in [2.75, 3.05) is 0 Å². The fraction of sp³-hybridized carbons (Fsp3) is 0. The number of nitrogens with zero attached hydrogens (tertiary/aromatic N) is 2. The minimum atomic E-state index is -0.00499. The van der Waals surface area contributed by atoms with Crippen LogP contribution in [0.4, 0.5) is 0 Å². The summed E-state index contributed by atoms with van der Waals surface area (Å²) in [6, 6.07) is 64.7. The summed E-state index contributed by atoms with van der Waals surface area (Å²) in [6.45, 7) is -0.00499. The minimum Gasteiger partial charge on any atom is -0.375 e. The monoisotopic (exact) mass is 620 g/mol. The fourth-order valence-corrected chi connectivity index (χ4v) is 8.90. The van der Waals surface area contributed by atoms with E-state index in [4.69, 9.17) is 0 Å². The van der Waals surface area contributed by atoms with Crippen LogP contribution in [0.3, 0.4) is 0 Å². The minimum absolute atomic E-state index is 0.00499. The van der Waals surface area contributed by atoms with Gasteiger partial charge in [-0.1, -0.05) is 170 Å². The molecule has 2 nitrogen and oxygen atoms in total. The summed E-state index contributed by atoms with van der Waals surface area (Å²) in [5.41, 5.74) is 19.1. The average molecular weight is 621 g/mol. The number of benzene rings is 7. The topological polar surface area (TPSA) is 9.86 Å². The van der Waals surface area contributed by atoms with E-state index >= 15 is 0 Å². The van der Waals surface area contributed by atoms with Crippen molar-refractivity contribution in [3.63, 3.8) is 0 Å². The van der Waals surface area contributed by atoms with Gasteiger partial charge in [-0.15, -0.1) is 0 Å². The number of fused-ring (bicyclic) bond motifs is 4. The van der Waals surface area contributed by atoms with E-state index in [-0.39, 0.29) is 6.85 Å². The number of aromatic nitrogens is 2. The molecule has 0 unspecified atom stereocenters. The van der Waals surface area contributed by atoms with Gasteiger partial charge < -0.3 is 9.05 Å². The molecular formula is C46H29BN2. The van der Waals surface area contributed by atoms with Gasteiger partial charge in [-0.3, -0.25) is 0 Å². The van der Waals surface area contributed by atoms with Crippen molar-refractivity contribution < 1.29 is 0 Å². The van der Waals surface area contributed by atoms with Gasteiger partial charge in [0.05, 0.1) is 11.2 Å². The predicted molar refractivity (Wildman–Crippen MR) is 206 cm³/mol. The molecule has 0 fully saturated rings. The van der Waals surface area contributed by atoms with Gasteiger partial charge in [0.1, 0.15) is 0 Å². The van der Waals surface area contributed by atoms with Crippen molar-refractivity contribution in [1.29, 1.82) is 0 Å². The predicted octanol–water partition coefficient (Wildman–Crippen LogP) is 10.2. The van der Waals surface area contributed by atoms with Crippen LogP contribution in [-0.2, 0) is 0 Å². The Morgan fingerprint density at radius 2 is 0.857 bits per heavy atom. The van der Waals surface area contributed by atoms with Gasteiger partial charge in [-0.25, -0.2) is 0 Å². The molecule has 0 saturated heterocycles. The zero-order valence-electron chi connectivity index (χ0n) is 26.7. The van der Waals surface area contributed by atoms with Gasteiger partial charge in [-0.05, 0) is 44.8 Å². The number of para-hydroxylation sites is 2. The summed E-state index contributed by atoms with van der Waals surface area (Å²) in [6.07, 6.45) is 0. The first-order valence-corrected chi connectivity index (χ1v) is 17.1. The molecule has 0 radical (unpaired) electrons. The van der Waals surface area contributed by atoms with Crippen LogP contribution in [-0.4, -0.2) is 15.9 Å². The van der Waals surface area contributed by atoms with E-state index in [1.807, 2.05) is 0 Å². The smallest absolute Gasteiger partial charge is 0.333 e. The Bertz CT molecular complexity index is 2740. The van der Waals surface area contributed by atoms with Crippen LogP contribution in [0.15, 0.2) is 176 Å². The van der Waals surface area contributed by atoms with Crippen molar-refractivity contribution >= 4 is 39.6 Å². The van der Waals surface area contributed by atoms with Gasteiger partial charge in [-0.2, -0.15) is 0 Å². The molecule has 0 aliphatic carbocycles. The van der Waals surface area contributed by atoms with Crippen molar-refractivity contribution in [1.82, 2.24) is 9.05 Å². The van der Waals surface area contributed by atoms with E-state index in [1.54, 1.807) is 0 Å². The van der Waals surface area contributed by atoms with Gasteiger partial charge >= 0.3 is 6.85 Å². The second-order valence-corrected chi connectivity index (χ2v) is 13.2. The van der Waals surface area contributed by atoms with Crippen LogP contribution in [0.1, 0.15) is 0 Å². The Labute approximate surface area is 285 Å². The third-order valence-electron chi connectivity index (χ3n) is 10.7. The normalized spacial score (nSPS) is 12.4. The Morgan fingerprint density at radius 1 is 0.367 bits per heavy atom. The largest absolute Gasteiger partial charge is 0.375 e. The third-order valence-corrected chi connectivity index (χ3v) is 10.7. The van der Waals surface area contributed by atoms with Crippen LogP contribution in [0, 0.1) is 0 Å². The lowest BCUT2D eigenvalue weighted by atomic mass is 9.45. The molecule has 0 atom stereocenters. The van der Waals surface area contributed by atoms with Gasteiger partial charge in [0.2, 0.25) is 0 Å². The molecule has 0 saturated carbocycles. The van der Waals surface area contributed by atoms with Crippen molar-refractivity contribution in [3.8, 4) is 61.6 Å². The lowest BCUT2D eigenvalue weighted by Gasteiger charge is -2.35. The molecule has 3 heteroatoms. The van der Waals surface area contributed by atoms with Crippen LogP contribution >= 0.6 is 0 Å². The summed E-state index contributed by atoms with van der Waals surface area (Å²) in [5, 5.41) is 2.58. The lowest BCUT2D eigenvalue weighted by Crippen LogP contribution is -2.55. The standard InChI is InChI=1S/C46H29BN2/c1-5-16-30(17-6-1)40-37-27-14-28-38-46(37)48(43(40)32-20-9-3-10-21-32)39-29-15-24-34-35-25-13-26-36-41(31-18-7-2-8-19-31)44(33-22-11-4-12-23-33)49(45(35)36)47(38)42(34)39/h1-29H. The highest BCUT2D eigenvalue weighted by Crippen LogP contribution is 2.49. The number of hydrogen-bond donors (Lipinski definition) is 0. The third kappa shape index (κ3) is 3.57. The zero-order chi connectivity index (χ0) is 32.1. The quantitative estimate of drug-likeness (QED) is 0.173. The highest BCUT2D eigenvalue weighted by Gasteiger charge is 2.43. The van der Waals surface area contributed by atoms with E-state index in [2.05, 4.69) is 185 Å². The molecule has 0 N–H and O–H groups in total. The fourth-order valence-electron chi connectivity index (χ4n) is 8.90. The Balaban J connectivity index is 1.35. The summed E-state index contributed by atoms with van der Waals surface area (Å²) in [5.74, 6) is 0. The second kappa shape index (κ2) is 10.1. The van der Waals surface area contributed by atoms with Crippen molar-refractivity contribution in [2.45, 2.75) is 0 Å².